The van der Waals surface area contributed by atoms with Crippen LogP contribution in [0.3, 0.4) is 0 Å². The highest BCUT2D eigenvalue weighted by Crippen LogP contribution is 2.45. The van der Waals surface area contributed by atoms with Crippen molar-refractivity contribution in [2.75, 3.05) is 26.2 Å². The van der Waals surface area contributed by atoms with E-state index in [0.29, 0.717) is 28.9 Å². The first-order valence-electron chi connectivity index (χ1n) is 11.4. The molecule has 2 unspecified atom stereocenters. The number of anilines is 1. The first kappa shape index (κ1) is 21.5. The van der Waals surface area contributed by atoms with Crippen LogP contribution in [0.1, 0.15) is 61.1 Å². The van der Waals surface area contributed by atoms with Gasteiger partial charge in [0, 0.05) is 29.9 Å². The molecule has 0 spiro atoms. The van der Waals surface area contributed by atoms with E-state index in [1.165, 1.54) is 16.9 Å². The number of carbonyl (C=O) groups excluding carboxylic acids is 2. The van der Waals surface area contributed by atoms with Crippen LogP contribution in [-0.2, 0) is 9.59 Å². The Morgan fingerprint density at radius 3 is 2.21 bits per heavy atom. The Morgan fingerprint density at radius 2 is 1.52 bits per heavy atom. The highest BCUT2D eigenvalue weighted by atomic mass is 16.5. The van der Waals surface area contributed by atoms with Crippen molar-refractivity contribution >= 4 is 23.2 Å². The van der Waals surface area contributed by atoms with Crippen molar-refractivity contribution in [3.8, 4) is 17.2 Å². The maximum absolute atomic E-state index is 12.5. The number of ether oxygens (including phenoxy) is 3. The molecule has 2 aromatic rings. The maximum atomic E-state index is 12.5. The Labute approximate surface area is 193 Å². The molecule has 172 valence electrons. The van der Waals surface area contributed by atoms with E-state index in [1.807, 2.05) is 18.2 Å². The van der Waals surface area contributed by atoms with Crippen LogP contribution in [0.15, 0.2) is 35.3 Å². The minimum absolute atomic E-state index is 0.194. The van der Waals surface area contributed by atoms with Crippen LogP contribution in [-0.4, -0.2) is 44.9 Å². The topological polar surface area (TPSA) is 77.4 Å². The lowest BCUT2D eigenvalue weighted by atomic mass is 9.75. The summed E-state index contributed by atoms with van der Waals surface area (Å²) in [5.41, 5.74) is 4.38. The van der Waals surface area contributed by atoms with E-state index in [4.69, 9.17) is 19.2 Å². The van der Waals surface area contributed by atoms with E-state index >= 15 is 0 Å². The molecule has 2 aromatic carbocycles. The molecule has 1 aliphatic carbocycles. The van der Waals surface area contributed by atoms with Crippen LogP contribution in [0, 0.1) is 0 Å². The van der Waals surface area contributed by atoms with Crippen molar-refractivity contribution in [1.82, 2.24) is 0 Å². The predicted molar refractivity (Wildman–Crippen MR) is 125 cm³/mol. The van der Waals surface area contributed by atoms with Gasteiger partial charge in [-0.25, -0.2) is 4.90 Å². The van der Waals surface area contributed by atoms with Gasteiger partial charge in [0.1, 0.15) is 5.75 Å². The van der Waals surface area contributed by atoms with Crippen LogP contribution < -0.4 is 19.1 Å². The first-order valence-corrected chi connectivity index (χ1v) is 11.4. The third kappa shape index (κ3) is 3.56. The number of carbonyl (C=O) groups is 2. The molecule has 2 atom stereocenters. The molecule has 1 saturated heterocycles. The number of benzene rings is 2. The summed E-state index contributed by atoms with van der Waals surface area (Å²) in [7, 11) is 4.82. The van der Waals surface area contributed by atoms with Gasteiger partial charge in [-0.05, 0) is 48.7 Å². The van der Waals surface area contributed by atoms with Crippen LogP contribution >= 0.6 is 0 Å². The summed E-state index contributed by atoms with van der Waals surface area (Å²) in [6.45, 7) is 0. The Kier molecular flexibility index (Phi) is 5.56. The minimum Gasteiger partial charge on any atom is -0.495 e. The summed E-state index contributed by atoms with van der Waals surface area (Å²) >= 11 is 0. The third-order valence-corrected chi connectivity index (χ3v) is 6.98. The highest BCUT2D eigenvalue weighted by molar-refractivity contribution is 6.22. The van der Waals surface area contributed by atoms with Crippen molar-refractivity contribution in [2.24, 2.45) is 4.99 Å². The fraction of sp³-hybridized carbons (Fsp3) is 0.423. The fourth-order valence-corrected chi connectivity index (χ4v) is 5.36. The van der Waals surface area contributed by atoms with Crippen molar-refractivity contribution in [3.05, 3.63) is 47.0 Å². The van der Waals surface area contributed by atoms with E-state index in [0.717, 1.165) is 36.1 Å². The molecule has 7 nitrogen and oxygen atoms in total. The van der Waals surface area contributed by atoms with Crippen molar-refractivity contribution in [2.45, 2.75) is 50.5 Å². The summed E-state index contributed by atoms with van der Waals surface area (Å²) in [4.78, 5) is 31.4. The van der Waals surface area contributed by atoms with Crippen molar-refractivity contribution < 1.29 is 23.8 Å². The van der Waals surface area contributed by atoms with Gasteiger partial charge < -0.3 is 14.2 Å². The molecule has 0 aromatic heterocycles. The second-order valence-corrected chi connectivity index (χ2v) is 8.74. The lowest BCUT2D eigenvalue weighted by Gasteiger charge is -2.36. The van der Waals surface area contributed by atoms with Gasteiger partial charge in [0.15, 0.2) is 11.5 Å². The number of methoxy groups -OCH3 is 3. The summed E-state index contributed by atoms with van der Waals surface area (Å²) in [6.07, 6.45) is 4.91. The Morgan fingerprint density at radius 1 is 0.848 bits per heavy atom. The molecule has 1 saturated carbocycles. The number of aliphatic imine (C=N–C) groups is 1. The van der Waals surface area contributed by atoms with Gasteiger partial charge in [0.25, 0.3) is 0 Å². The van der Waals surface area contributed by atoms with Gasteiger partial charge in [0.2, 0.25) is 11.8 Å². The molecule has 2 amide bonds. The molecule has 7 heteroatoms. The quantitative estimate of drug-likeness (QED) is 0.640. The molecular formula is C26H28N2O5. The number of fused-ring (bicyclic) bond motifs is 3. The van der Waals surface area contributed by atoms with Crippen LogP contribution in [0.4, 0.5) is 5.69 Å². The normalized spacial score (nSPS) is 21.9. The predicted octanol–water partition coefficient (Wildman–Crippen LogP) is 4.24. The molecule has 2 aliphatic heterocycles. The lowest BCUT2D eigenvalue weighted by Crippen LogP contribution is -2.31. The molecule has 5 rings (SSSR count). The van der Waals surface area contributed by atoms with Crippen LogP contribution in [0.2, 0.25) is 0 Å². The Balaban J connectivity index is 1.68. The maximum Gasteiger partial charge on any atom is 0.234 e. The second kappa shape index (κ2) is 8.54. The molecular weight excluding hydrogens is 420 g/mol. The average molecular weight is 449 g/mol. The number of nitrogens with zero attached hydrogens (tertiary/aromatic N) is 2. The van der Waals surface area contributed by atoms with Gasteiger partial charge in [-0.1, -0.05) is 12.8 Å². The van der Waals surface area contributed by atoms with E-state index in [2.05, 4.69) is 6.07 Å². The van der Waals surface area contributed by atoms with Crippen LogP contribution in [0.5, 0.6) is 17.2 Å². The fourth-order valence-electron chi connectivity index (χ4n) is 5.36. The Hall–Kier alpha value is -3.35. The molecule has 0 radical (unpaired) electrons. The highest BCUT2D eigenvalue weighted by Gasteiger charge is 2.36. The van der Waals surface area contributed by atoms with Gasteiger partial charge in [-0.3, -0.25) is 14.6 Å². The average Bonchev–Trinajstić information content (AvgIpc) is 3.19. The molecule has 2 heterocycles. The zero-order valence-electron chi connectivity index (χ0n) is 19.2. The zero-order valence-corrected chi connectivity index (χ0v) is 19.2. The molecule has 2 fully saturated rings. The molecule has 33 heavy (non-hydrogen) atoms. The summed E-state index contributed by atoms with van der Waals surface area (Å²) in [6, 6.07) is 9.87. The van der Waals surface area contributed by atoms with E-state index in [-0.39, 0.29) is 30.7 Å². The minimum atomic E-state index is -0.208. The van der Waals surface area contributed by atoms with Crippen LogP contribution in [0.25, 0.3) is 0 Å². The third-order valence-electron chi connectivity index (χ3n) is 6.98. The van der Waals surface area contributed by atoms with Crippen molar-refractivity contribution in [1.29, 1.82) is 0 Å². The summed E-state index contributed by atoms with van der Waals surface area (Å²) in [5, 5.41) is 0. The lowest BCUT2D eigenvalue weighted by molar-refractivity contribution is -0.121. The number of imide groups is 1. The number of hydrogen-bond donors (Lipinski definition) is 0. The van der Waals surface area contributed by atoms with Gasteiger partial charge in [0.05, 0.1) is 38.8 Å². The zero-order chi connectivity index (χ0) is 23.1. The number of rotatable bonds is 5. The summed E-state index contributed by atoms with van der Waals surface area (Å²) in [5.74, 6) is 1.78. The standard InChI is InChI=1S/C26H28N2O5/c1-31-21-9-8-15(12-20(21)28-24(29)10-11-25(28)30)26-18-14-23(33-3)22(32-2)13-17(18)16-6-4-5-7-19(16)27-26/h8-9,12-14,16,19H,4-7,10-11H2,1-3H3. The largest absolute Gasteiger partial charge is 0.495 e. The van der Waals surface area contributed by atoms with E-state index in [1.54, 1.807) is 27.4 Å². The van der Waals surface area contributed by atoms with E-state index in [9.17, 15) is 9.59 Å². The van der Waals surface area contributed by atoms with Gasteiger partial charge in [-0.15, -0.1) is 0 Å². The molecule has 0 bridgehead atoms. The van der Waals surface area contributed by atoms with E-state index < -0.39 is 0 Å². The SMILES string of the molecule is COc1cc2c(cc1OC)C1CCCCC1N=C2c1ccc(OC)c(N2C(=O)CCC2=O)c1. The smallest absolute Gasteiger partial charge is 0.234 e. The molecule has 3 aliphatic rings. The first-order chi connectivity index (χ1) is 16.0. The van der Waals surface area contributed by atoms with Gasteiger partial charge >= 0.3 is 0 Å². The monoisotopic (exact) mass is 448 g/mol. The number of amides is 2. The van der Waals surface area contributed by atoms with Crippen molar-refractivity contribution in [3.63, 3.8) is 0 Å². The summed E-state index contributed by atoms with van der Waals surface area (Å²) < 4.78 is 16.7. The molecule has 0 N–H and O–H groups in total. The Bertz CT molecular complexity index is 1140. The van der Waals surface area contributed by atoms with Gasteiger partial charge in [-0.2, -0.15) is 0 Å². The second-order valence-electron chi connectivity index (χ2n) is 8.74. The number of hydrogen-bond acceptors (Lipinski definition) is 6.